The summed E-state index contributed by atoms with van der Waals surface area (Å²) in [5, 5.41) is 10.2. The summed E-state index contributed by atoms with van der Waals surface area (Å²) in [6.07, 6.45) is 4.43. The Hall–Kier alpha value is -1.04. The van der Waals surface area contributed by atoms with Gasteiger partial charge in [-0.3, -0.25) is 4.79 Å². The normalized spacial score (nSPS) is 29.1. The molecule has 4 heteroatoms. The number of hydrogen-bond acceptors (Lipinski definition) is 2. The number of nitrogens with zero attached hydrogens (tertiary/aromatic N) is 1. The minimum atomic E-state index is -0.833. The van der Waals surface area contributed by atoms with Crippen LogP contribution in [-0.4, -0.2) is 5.78 Å². The van der Waals surface area contributed by atoms with E-state index in [1.54, 1.807) is 18.2 Å². The summed E-state index contributed by atoms with van der Waals surface area (Å²) in [5.41, 5.74) is 0.478. The highest BCUT2D eigenvalue weighted by Crippen LogP contribution is 2.50. The molecule has 3 rings (SSSR count). The minimum absolute atomic E-state index is 0.00898. The summed E-state index contributed by atoms with van der Waals surface area (Å²) in [5.74, 6) is 0.334. The molecule has 0 amide bonds. The van der Waals surface area contributed by atoms with Gasteiger partial charge >= 0.3 is 0 Å². The van der Waals surface area contributed by atoms with Crippen LogP contribution in [0.25, 0.3) is 0 Å². The van der Waals surface area contributed by atoms with Gasteiger partial charge in [0.1, 0.15) is 5.92 Å². The lowest BCUT2D eigenvalue weighted by Gasteiger charge is -2.23. The van der Waals surface area contributed by atoms with E-state index in [0.29, 0.717) is 27.4 Å². The SMILES string of the molecule is N#CC(C(=O)C1CC2CCC1C2)c1c(Cl)cccc1Cl. The first-order valence-corrected chi connectivity index (χ1v) is 7.74. The lowest BCUT2D eigenvalue weighted by atomic mass is 9.79. The summed E-state index contributed by atoms with van der Waals surface area (Å²) >= 11 is 12.3. The predicted octanol–water partition coefficient (Wildman–Crippen LogP) is 4.61. The lowest BCUT2D eigenvalue weighted by Crippen LogP contribution is -2.26. The Kier molecular flexibility index (Phi) is 3.75. The molecule has 2 aliphatic carbocycles. The van der Waals surface area contributed by atoms with Crippen molar-refractivity contribution in [3.63, 3.8) is 0 Å². The van der Waals surface area contributed by atoms with Gasteiger partial charge in [0.2, 0.25) is 0 Å². The number of rotatable bonds is 3. The van der Waals surface area contributed by atoms with Gasteiger partial charge in [-0.05, 0) is 43.2 Å². The highest BCUT2D eigenvalue weighted by molar-refractivity contribution is 6.36. The van der Waals surface area contributed by atoms with E-state index in [2.05, 4.69) is 6.07 Å². The zero-order valence-electron chi connectivity index (χ0n) is 11.0. The van der Waals surface area contributed by atoms with Crippen molar-refractivity contribution in [3.05, 3.63) is 33.8 Å². The molecule has 20 heavy (non-hydrogen) atoms. The molecule has 2 aliphatic rings. The van der Waals surface area contributed by atoms with Crippen LogP contribution in [0.15, 0.2) is 18.2 Å². The number of hydrogen-bond donors (Lipinski definition) is 0. The summed E-state index contributed by atoms with van der Waals surface area (Å²) in [7, 11) is 0. The topological polar surface area (TPSA) is 40.9 Å². The zero-order valence-corrected chi connectivity index (χ0v) is 12.5. The maximum atomic E-state index is 12.7. The molecule has 104 valence electrons. The van der Waals surface area contributed by atoms with Crippen LogP contribution >= 0.6 is 23.2 Å². The van der Waals surface area contributed by atoms with Crippen LogP contribution in [0.1, 0.15) is 37.2 Å². The molecule has 0 spiro atoms. The molecule has 1 aromatic carbocycles. The molecule has 0 aromatic heterocycles. The van der Waals surface area contributed by atoms with Crippen molar-refractivity contribution in [2.75, 3.05) is 0 Å². The van der Waals surface area contributed by atoms with Crippen molar-refractivity contribution in [1.82, 2.24) is 0 Å². The molecule has 2 fully saturated rings. The fourth-order valence-corrected chi connectivity index (χ4v) is 4.48. The Morgan fingerprint density at radius 1 is 1.25 bits per heavy atom. The maximum absolute atomic E-state index is 12.7. The van der Waals surface area contributed by atoms with E-state index in [-0.39, 0.29) is 11.7 Å². The predicted molar refractivity (Wildman–Crippen MR) is 78.8 cm³/mol. The Morgan fingerprint density at radius 2 is 1.95 bits per heavy atom. The first kappa shape index (κ1) is 13.9. The van der Waals surface area contributed by atoms with E-state index in [4.69, 9.17) is 23.2 Å². The van der Waals surface area contributed by atoms with Gasteiger partial charge in [0.15, 0.2) is 5.78 Å². The van der Waals surface area contributed by atoms with Gasteiger partial charge < -0.3 is 0 Å². The third-order valence-electron chi connectivity index (χ3n) is 4.81. The number of nitriles is 1. The molecule has 0 aliphatic heterocycles. The van der Waals surface area contributed by atoms with Gasteiger partial charge in [0.05, 0.1) is 6.07 Å². The molecule has 0 heterocycles. The van der Waals surface area contributed by atoms with Crippen LogP contribution in [0.4, 0.5) is 0 Å². The number of carbonyl (C=O) groups excluding carboxylic acids is 1. The first-order valence-electron chi connectivity index (χ1n) is 6.99. The molecule has 4 atom stereocenters. The summed E-state index contributed by atoms with van der Waals surface area (Å²) in [6.45, 7) is 0. The molecule has 0 saturated heterocycles. The molecule has 0 N–H and O–H groups in total. The Labute approximate surface area is 128 Å². The number of fused-ring (bicyclic) bond motifs is 2. The van der Waals surface area contributed by atoms with Gasteiger partial charge in [-0.2, -0.15) is 5.26 Å². The van der Waals surface area contributed by atoms with E-state index in [1.165, 1.54) is 6.42 Å². The molecule has 2 nitrogen and oxygen atoms in total. The van der Waals surface area contributed by atoms with Crippen LogP contribution in [0, 0.1) is 29.1 Å². The highest BCUT2D eigenvalue weighted by Gasteiger charge is 2.45. The van der Waals surface area contributed by atoms with E-state index in [0.717, 1.165) is 19.3 Å². The molecular weight excluding hydrogens is 293 g/mol. The van der Waals surface area contributed by atoms with Gasteiger partial charge in [0, 0.05) is 21.5 Å². The molecular formula is C16H15Cl2NO. The van der Waals surface area contributed by atoms with Crippen LogP contribution in [-0.2, 0) is 4.79 Å². The number of halogens is 2. The Morgan fingerprint density at radius 3 is 2.45 bits per heavy atom. The molecule has 4 unspecified atom stereocenters. The first-order chi connectivity index (χ1) is 9.61. The van der Waals surface area contributed by atoms with Crippen molar-refractivity contribution in [3.8, 4) is 6.07 Å². The van der Waals surface area contributed by atoms with Crippen LogP contribution in [0.2, 0.25) is 10.0 Å². The fourth-order valence-electron chi connectivity index (χ4n) is 3.86. The van der Waals surface area contributed by atoms with Crippen LogP contribution in [0.5, 0.6) is 0 Å². The molecule has 2 saturated carbocycles. The average Bonchev–Trinajstić information content (AvgIpc) is 3.05. The summed E-state index contributed by atoms with van der Waals surface area (Å²) < 4.78 is 0. The zero-order chi connectivity index (χ0) is 14.3. The second-order valence-corrected chi connectivity index (χ2v) is 6.70. The van der Waals surface area contributed by atoms with Gasteiger partial charge in [-0.25, -0.2) is 0 Å². The molecule has 1 aromatic rings. The Balaban J connectivity index is 1.91. The van der Waals surface area contributed by atoms with Gasteiger partial charge in [-0.15, -0.1) is 0 Å². The third-order valence-corrected chi connectivity index (χ3v) is 5.46. The number of ketones is 1. The highest BCUT2D eigenvalue weighted by atomic mass is 35.5. The fraction of sp³-hybridized carbons (Fsp3) is 0.500. The van der Waals surface area contributed by atoms with Crippen molar-refractivity contribution in [2.45, 2.75) is 31.6 Å². The third kappa shape index (κ3) is 2.24. The average molecular weight is 308 g/mol. The van der Waals surface area contributed by atoms with E-state index in [9.17, 15) is 10.1 Å². The maximum Gasteiger partial charge on any atom is 0.157 e. The number of carbonyl (C=O) groups is 1. The molecule has 2 bridgehead atoms. The van der Waals surface area contributed by atoms with Gasteiger partial charge in [-0.1, -0.05) is 35.7 Å². The lowest BCUT2D eigenvalue weighted by molar-refractivity contribution is -0.124. The minimum Gasteiger partial charge on any atom is -0.298 e. The Bertz CT molecular complexity index is 572. The van der Waals surface area contributed by atoms with E-state index >= 15 is 0 Å². The van der Waals surface area contributed by atoms with E-state index < -0.39 is 5.92 Å². The monoisotopic (exact) mass is 307 g/mol. The van der Waals surface area contributed by atoms with E-state index in [1.807, 2.05) is 0 Å². The standard InChI is InChI=1S/C16H15Cl2NO/c17-13-2-1-3-14(18)15(13)12(8-19)16(20)11-7-9-4-5-10(11)6-9/h1-3,9-12H,4-7H2. The molecule has 0 radical (unpaired) electrons. The van der Waals surface area contributed by atoms with Crippen LogP contribution in [0.3, 0.4) is 0 Å². The smallest absolute Gasteiger partial charge is 0.157 e. The van der Waals surface area contributed by atoms with Gasteiger partial charge in [0.25, 0.3) is 0 Å². The number of Topliss-reactive ketones (excluding diaryl/α,β-unsaturated/α-hetero) is 1. The van der Waals surface area contributed by atoms with Crippen molar-refractivity contribution < 1.29 is 4.79 Å². The van der Waals surface area contributed by atoms with Crippen LogP contribution < -0.4 is 0 Å². The van der Waals surface area contributed by atoms with Crippen molar-refractivity contribution in [2.24, 2.45) is 17.8 Å². The second-order valence-electron chi connectivity index (χ2n) is 5.88. The summed E-state index contributed by atoms with van der Waals surface area (Å²) in [4.78, 5) is 12.7. The number of benzene rings is 1. The quantitative estimate of drug-likeness (QED) is 0.818. The summed E-state index contributed by atoms with van der Waals surface area (Å²) in [6, 6.07) is 7.21. The van der Waals surface area contributed by atoms with Crippen molar-refractivity contribution in [1.29, 1.82) is 5.26 Å². The second kappa shape index (κ2) is 5.39. The van der Waals surface area contributed by atoms with Crippen molar-refractivity contribution >= 4 is 29.0 Å². The largest absolute Gasteiger partial charge is 0.298 e.